The standard InChI is InChI=1S/C13H23N3O/c1-10(2)9-15-13-14-6-7-16(13)11(3)12-5-4-8-17-12/h6-7,10-12H,4-5,8-9H2,1-3H3,(H,14,15). The summed E-state index contributed by atoms with van der Waals surface area (Å²) in [5.41, 5.74) is 0. The first-order chi connectivity index (χ1) is 8.18. The quantitative estimate of drug-likeness (QED) is 0.855. The van der Waals surface area contributed by atoms with Crippen LogP contribution in [0, 0.1) is 5.92 Å². The van der Waals surface area contributed by atoms with Crippen LogP contribution in [0.2, 0.25) is 0 Å². The normalized spacial score (nSPS) is 22.0. The van der Waals surface area contributed by atoms with Gasteiger partial charge in [0.2, 0.25) is 5.95 Å². The topological polar surface area (TPSA) is 39.1 Å². The highest BCUT2D eigenvalue weighted by molar-refractivity contribution is 5.26. The molecule has 0 spiro atoms. The first-order valence-electron chi connectivity index (χ1n) is 6.56. The third kappa shape index (κ3) is 3.00. The average molecular weight is 237 g/mol. The van der Waals surface area contributed by atoms with Gasteiger partial charge in [-0.05, 0) is 25.7 Å². The number of hydrogen-bond acceptors (Lipinski definition) is 3. The number of rotatable bonds is 5. The number of nitrogens with zero attached hydrogens (tertiary/aromatic N) is 2. The predicted octanol–water partition coefficient (Wildman–Crippen LogP) is 2.69. The van der Waals surface area contributed by atoms with E-state index in [1.165, 1.54) is 6.42 Å². The van der Waals surface area contributed by atoms with Crippen LogP contribution in [0.4, 0.5) is 5.95 Å². The lowest BCUT2D eigenvalue weighted by Gasteiger charge is -2.22. The Bertz CT molecular complexity index is 342. The molecule has 2 heterocycles. The smallest absolute Gasteiger partial charge is 0.203 e. The Kier molecular flexibility index (Phi) is 4.05. The molecule has 1 aliphatic rings. The monoisotopic (exact) mass is 237 g/mol. The van der Waals surface area contributed by atoms with Crippen molar-refractivity contribution in [3.05, 3.63) is 12.4 Å². The molecule has 2 atom stereocenters. The maximum atomic E-state index is 5.74. The Hall–Kier alpha value is -1.03. The lowest BCUT2D eigenvalue weighted by Crippen LogP contribution is -2.23. The molecule has 2 unspecified atom stereocenters. The summed E-state index contributed by atoms with van der Waals surface area (Å²) < 4.78 is 7.94. The van der Waals surface area contributed by atoms with Gasteiger partial charge >= 0.3 is 0 Å². The Morgan fingerprint density at radius 2 is 2.35 bits per heavy atom. The molecule has 0 bridgehead atoms. The van der Waals surface area contributed by atoms with Crippen molar-refractivity contribution < 1.29 is 4.74 Å². The molecule has 0 saturated carbocycles. The molecule has 4 heteroatoms. The lowest BCUT2D eigenvalue weighted by atomic mass is 10.1. The molecule has 2 rings (SSSR count). The first-order valence-corrected chi connectivity index (χ1v) is 6.56. The minimum absolute atomic E-state index is 0.337. The second-order valence-electron chi connectivity index (χ2n) is 5.22. The summed E-state index contributed by atoms with van der Waals surface area (Å²) in [5.74, 6) is 1.58. The second kappa shape index (κ2) is 5.54. The SMILES string of the molecule is CC(C)CNc1nccn1C(C)C1CCCO1. The number of imidazole rings is 1. The van der Waals surface area contributed by atoms with Crippen molar-refractivity contribution in [3.8, 4) is 0 Å². The summed E-state index contributed by atoms with van der Waals surface area (Å²) in [6.45, 7) is 8.46. The average Bonchev–Trinajstić information content (AvgIpc) is 2.96. The van der Waals surface area contributed by atoms with Crippen molar-refractivity contribution in [2.75, 3.05) is 18.5 Å². The molecule has 1 aromatic heterocycles. The third-order valence-electron chi connectivity index (χ3n) is 3.28. The van der Waals surface area contributed by atoms with Crippen LogP contribution in [0.5, 0.6) is 0 Å². The predicted molar refractivity (Wildman–Crippen MR) is 69.2 cm³/mol. The zero-order chi connectivity index (χ0) is 12.3. The van der Waals surface area contributed by atoms with Gasteiger partial charge in [-0.1, -0.05) is 13.8 Å². The summed E-state index contributed by atoms with van der Waals surface area (Å²) in [4.78, 5) is 4.38. The van der Waals surface area contributed by atoms with Crippen molar-refractivity contribution in [1.29, 1.82) is 0 Å². The number of aromatic nitrogens is 2. The molecular formula is C13H23N3O. The summed E-state index contributed by atoms with van der Waals surface area (Å²) in [7, 11) is 0. The van der Waals surface area contributed by atoms with Gasteiger partial charge in [-0.15, -0.1) is 0 Å². The van der Waals surface area contributed by atoms with Gasteiger partial charge in [0.1, 0.15) is 0 Å². The summed E-state index contributed by atoms with van der Waals surface area (Å²) in [6, 6.07) is 0.356. The first kappa shape index (κ1) is 12.4. The molecule has 0 radical (unpaired) electrons. The van der Waals surface area contributed by atoms with Crippen LogP contribution in [-0.4, -0.2) is 28.8 Å². The van der Waals surface area contributed by atoms with Crippen LogP contribution in [0.3, 0.4) is 0 Å². The molecule has 1 aromatic rings. The van der Waals surface area contributed by atoms with Crippen molar-refractivity contribution >= 4 is 5.95 Å². The van der Waals surface area contributed by atoms with Gasteiger partial charge in [0.05, 0.1) is 12.1 Å². The molecule has 0 aliphatic carbocycles. The van der Waals surface area contributed by atoms with Crippen molar-refractivity contribution in [1.82, 2.24) is 9.55 Å². The van der Waals surface area contributed by atoms with E-state index in [0.29, 0.717) is 18.1 Å². The van der Waals surface area contributed by atoms with Gasteiger partial charge in [-0.25, -0.2) is 4.98 Å². The highest BCUT2D eigenvalue weighted by Crippen LogP contribution is 2.26. The van der Waals surface area contributed by atoms with Crippen molar-refractivity contribution in [3.63, 3.8) is 0 Å². The van der Waals surface area contributed by atoms with Gasteiger partial charge in [0.25, 0.3) is 0 Å². The molecule has 0 aromatic carbocycles. The largest absolute Gasteiger partial charge is 0.376 e. The molecule has 96 valence electrons. The zero-order valence-electron chi connectivity index (χ0n) is 11.0. The maximum absolute atomic E-state index is 5.74. The highest BCUT2D eigenvalue weighted by atomic mass is 16.5. The minimum atomic E-state index is 0.337. The van der Waals surface area contributed by atoms with Crippen LogP contribution in [0.1, 0.15) is 39.7 Å². The van der Waals surface area contributed by atoms with Crippen LogP contribution in [-0.2, 0) is 4.74 Å². The molecule has 1 aliphatic heterocycles. The van der Waals surface area contributed by atoms with Gasteiger partial charge in [-0.2, -0.15) is 0 Å². The molecule has 17 heavy (non-hydrogen) atoms. The van der Waals surface area contributed by atoms with E-state index in [0.717, 1.165) is 25.5 Å². The zero-order valence-corrected chi connectivity index (χ0v) is 11.0. The van der Waals surface area contributed by atoms with Crippen molar-refractivity contribution in [2.45, 2.75) is 45.8 Å². The molecule has 1 N–H and O–H groups in total. The van der Waals surface area contributed by atoms with Gasteiger partial charge < -0.3 is 14.6 Å². The van der Waals surface area contributed by atoms with E-state index in [-0.39, 0.29) is 0 Å². The van der Waals surface area contributed by atoms with Gasteiger partial charge in [-0.3, -0.25) is 0 Å². The number of anilines is 1. The van der Waals surface area contributed by atoms with Crippen LogP contribution in [0.15, 0.2) is 12.4 Å². The number of ether oxygens (including phenoxy) is 1. The van der Waals surface area contributed by atoms with Crippen LogP contribution < -0.4 is 5.32 Å². The Morgan fingerprint density at radius 3 is 3.00 bits per heavy atom. The third-order valence-corrected chi connectivity index (χ3v) is 3.28. The second-order valence-corrected chi connectivity index (χ2v) is 5.22. The van der Waals surface area contributed by atoms with E-state index in [1.54, 1.807) is 0 Å². The van der Waals surface area contributed by atoms with E-state index >= 15 is 0 Å². The Morgan fingerprint density at radius 1 is 1.53 bits per heavy atom. The fourth-order valence-corrected chi connectivity index (χ4v) is 2.24. The lowest BCUT2D eigenvalue weighted by molar-refractivity contribution is 0.0738. The molecule has 1 saturated heterocycles. The highest BCUT2D eigenvalue weighted by Gasteiger charge is 2.24. The fraction of sp³-hybridized carbons (Fsp3) is 0.769. The fourth-order valence-electron chi connectivity index (χ4n) is 2.24. The summed E-state index contributed by atoms with van der Waals surface area (Å²) >= 11 is 0. The van der Waals surface area contributed by atoms with E-state index in [2.05, 4.69) is 35.6 Å². The number of nitrogens with one attached hydrogen (secondary N) is 1. The Balaban J connectivity index is 2.01. The van der Waals surface area contributed by atoms with Crippen LogP contribution in [0.25, 0.3) is 0 Å². The van der Waals surface area contributed by atoms with Gasteiger partial charge in [0.15, 0.2) is 0 Å². The maximum Gasteiger partial charge on any atom is 0.203 e. The van der Waals surface area contributed by atoms with E-state index in [4.69, 9.17) is 4.74 Å². The Labute approximate surface area is 103 Å². The van der Waals surface area contributed by atoms with E-state index < -0.39 is 0 Å². The minimum Gasteiger partial charge on any atom is -0.376 e. The van der Waals surface area contributed by atoms with Crippen molar-refractivity contribution in [2.24, 2.45) is 5.92 Å². The van der Waals surface area contributed by atoms with Crippen LogP contribution >= 0.6 is 0 Å². The molecule has 1 fully saturated rings. The van der Waals surface area contributed by atoms with E-state index in [1.807, 2.05) is 12.4 Å². The van der Waals surface area contributed by atoms with E-state index in [9.17, 15) is 0 Å². The molecular weight excluding hydrogens is 214 g/mol. The molecule has 4 nitrogen and oxygen atoms in total. The number of hydrogen-bond donors (Lipinski definition) is 1. The summed E-state index contributed by atoms with van der Waals surface area (Å²) in [5, 5.41) is 3.39. The summed E-state index contributed by atoms with van der Waals surface area (Å²) in [6.07, 6.45) is 6.56. The van der Waals surface area contributed by atoms with Gasteiger partial charge in [0, 0.05) is 25.5 Å². The molecule has 0 amide bonds.